The quantitative estimate of drug-likeness (QED) is 0.732. The summed E-state index contributed by atoms with van der Waals surface area (Å²) in [6, 6.07) is 2.54. The molecule has 0 aliphatic heterocycles. The van der Waals surface area contributed by atoms with Gasteiger partial charge in [-0.1, -0.05) is 0 Å². The van der Waals surface area contributed by atoms with Gasteiger partial charge in [0.1, 0.15) is 0 Å². The van der Waals surface area contributed by atoms with Crippen LogP contribution in [-0.4, -0.2) is 39.2 Å². The van der Waals surface area contributed by atoms with E-state index in [4.69, 9.17) is 16.4 Å². The standard InChI is InChI=1S/C8H9ClN2O5S2/c9-18(15,16)5-4-17(13,14)8-6(7(10)12)2-1-3-11-8/h1-3H,4-5H2,(H2,10,12). The molecule has 0 aliphatic carbocycles. The first kappa shape index (κ1) is 14.9. The molecule has 0 saturated carbocycles. The first-order valence-corrected chi connectivity index (χ1v) is 8.66. The van der Waals surface area contributed by atoms with Crippen molar-refractivity contribution >= 4 is 35.5 Å². The van der Waals surface area contributed by atoms with Crippen molar-refractivity contribution in [2.45, 2.75) is 5.03 Å². The second-order valence-electron chi connectivity index (χ2n) is 3.28. The van der Waals surface area contributed by atoms with Crippen molar-refractivity contribution in [2.24, 2.45) is 5.73 Å². The Morgan fingerprint density at radius 3 is 2.39 bits per heavy atom. The zero-order chi connectivity index (χ0) is 14.0. The van der Waals surface area contributed by atoms with Crippen molar-refractivity contribution in [1.29, 1.82) is 0 Å². The van der Waals surface area contributed by atoms with E-state index in [0.29, 0.717) is 0 Å². The van der Waals surface area contributed by atoms with E-state index >= 15 is 0 Å². The molecule has 1 heterocycles. The maximum atomic E-state index is 11.8. The molecule has 0 saturated heterocycles. The highest BCUT2D eigenvalue weighted by Gasteiger charge is 2.24. The second kappa shape index (κ2) is 5.21. The predicted molar refractivity (Wildman–Crippen MR) is 64.4 cm³/mol. The van der Waals surface area contributed by atoms with Gasteiger partial charge in [0.25, 0.3) is 5.91 Å². The largest absolute Gasteiger partial charge is 0.366 e. The molecular weight excluding hydrogens is 304 g/mol. The molecule has 0 fully saturated rings. The number of rotatable bonds is 5. The summed E-state index contributed by atoms with van der Waals surface area (Å²) >= 11 is 0. The first-order valence-electron chi connectivity index (χ1n) is 4.53. The third-order valence-electron chi connectivity index (χ3n) is 1.93. The minimum Gasteiger partial charge on any atom is -0.366 e. The smallest absolute Gasteiger partial charge is 0.251 e. The van der Waals surface area contributed by atoms with Crippen LogP contribution in [-0.2, 0) is 18.9 Å². The van der Waals surface area contributed by atoms with Crippen LogP contribution >= 0.6 is 10.7 Å². The number of nitrogens with two attached hydrogens (primary N) is 1. The summed E-state index contributed by atoms with van der Waals surface area (Å²) in [5.74, 6) is -2.50. The van der Waals surface area contributed by atoms with Crippen molar-refractivity contribution in [3.63, 3.8) is 0 Å². The van der Waals surface area contributed by atoms with Gasteiger partial charge in [-0.25, -0.2) is 21.8 Å². The van der Waals surface area contributed by atoms with Crippen LogP contribution in [0.5, 0.6) is 0 Å². The van der Waals surface area contributed by atoms with E-state index in [0.717, 1.165) is 6.20 Å². The summed E-state index contributed by atoms with van der Waals surface area (Å²) in [6.07, 6.45) is 1.16. The van der Waals surface area contributed by atoms with E-state index in [9.17, 15) is 21.6 Å². The van der Waals surface area contributed by atoms with Crippen LogP contribution in [0.3, 0.4) is 0 Å². The van der Waals surface area contributed by atoms with Crippen molar-refractivity contribution in [3.8, 4) is 0 Å². The molecule has 0 aromatic carbocycles. The molecule has 0 radical (unpaired) electrons. The molecular formula is C8H9ClN2O5S2. The van der Waals surface area contributed by atoms with Crippen LogP contribution in [0.25, 0.3) is 0 Å². The summed E-state index contributed by atoms with van der Waals surface area (Å²) in [7, 11) is -3.07. The molecule has 0 atom stereocenters. The molecule has 10 heteroatoms. The van der Waals surface area contributed by atoms with Crippen LogP contribution in [0.15, 0.2) is 23.4 Å². The molecule has 18 heavy (non-hydrogen) atoms. The Hall–Kier alpha value is -1.19. The SMILES string of the molecule is NC(=O)c1cccnc1S(=O)(=O)CCS(=O)(=O)Cl. The molecule has 7 nitrogen and oxygen atoms in total. The fourth-order valence-corrected chi connectivity index (χ4v) is 4.29. The Morgan fingerprint density at radius 2 is 1.89 bits per heavy atom. The lowest BCUT2D eigenvalue weighted by molar-refractivity contribution is 0.0996. The van der Waals surface area contributed by atoms with Gasteiger partial charge in [0.2, 0.25) is 9.05 Å². The van der Waals surface area contributed by atoms with Gasteiger partial charge in [-0.3, -0.25) is 4.79 Å². The third-order valence-corrected chi connectivity index (χ3v) is 5.00. The van der Waals surface area contributed by atoms with Crippen molar-refractivity contribution in [3.05, 3.63) is 23.9 Å². The highest BCUT2D eigenvalue weighted by atomic mass is 35.7. The number of carbonyl (C=O) groups is 1. The lowest BCUT2D eigenvalue weighted by Crippen LogP contribution is -2.21. The van der Waals surface area contributed by atoms with E-state index in [-0.39, 0.29) is 5.56 Å². The number of hydrogen-bond donors (Lipinski definition) is 1. The summed E-state index contributed by atoms with van der Waals surface area (Å²) in [6.45, 7) is 0. The number of hydrogen-bond acceptors (Lipinski definition) is 6. The minimum atomic E-state index is -4.04. The molecule has 0 spiro atoms. The van der Waals surface area contributed by atoms with E-state index < -0.39 is 41.3 Å². The number of halogens is 1. The highest BCUT2D eigenvalue weighted by molar-refractivity contribution is 8.14. The summed E-state index contributed by atoms with van der Waals surface area (Å²) in [5.41, 5.74) is 4.72. The van der Waals surface area contributed by atoms with Gasteiger partial charge in [-0.05, 0) is 12.1 Å². The van der Waals surface area contributed by atoms with Crippen LogP contribution in [0.1, 0.15) is 10.4 Å². The Morgan fingerprint density at radius 1 is 1.28 bits per heavy atom. The van der Waals surface area contributed by atoms with E-state index in [2.05, 4.69) is 4.98 Å². The molecule has 0 unspecified atom stereocenters. The topological polar surface area (TPSA) is 124 Å². The van der Waals surface area contributed by atoms with Crippen LogP contribution < -0.4 is 5.73 Å². The average Bonchev–Trinajstić information content (AvgIpc) is 2.26. The Balaban J connectivity index is 3.17. The number of amides is 1. The maximum Gasteiger partial charge on any atom is 0.251 e. The van der Waals surface area contributed by atoms with Gasteiger partial charge >= 0.3 is 0 Å². The monoisotopic (exact) mass is 312 g/mol. The lowest BCUT2D eigenvalue weighted by Gasteiger charge is -2.05. The molecule has 1 amide bonds. The fourth-order valence-electron chi connectivity index (χ4n) is 1.13. The van der Waals surface area contributed by atoms with E-state index in [1.165, 1.54) is 12.1 Å². The van der Waals surface area contributed by atoms with Gasteiger partial charge in [-0.15, -0.1) is 0 Å². The van der Waals surface area contributed by atoms with Crippen molar-refractivity contribution < 1.29 is 21.6 Å². The van der Waals surface area contributed by atoms with Crippen LogP contribution in [0, 0.1) is 0 Å². The Bertz CT molecular complexity index is 668. The summed E-state index contributed by atoms with van der Waals surface area (Å²) < 4.78 is 45.1. The van der Waals surface area contributed by atoms with Gasteiger partial charge in [0.05, 0.1) is 17.1 Å². The van der Waals surface area contributed by atoms with Crippen molar-refractivity contribution in [1.82, 2.24) is 4.98 Å². The lowest BCUT2D eigenvalue weighted by atomic mass is 10.3. The van der Waals surface area contributed by atoms with E-state index in [1.54, 1.807) is 0 Å². The normalized spacial score (nSPS) is 12.3. The van der Waals surface area contributed by atoms with Crippen molar-refractivity contribution in [2.75, 3.05) is 11.5 Å². The summed E-state index contributed by atoms with van der Waals surface area (Å²) in [4.78, 5) is 14.6. The van der Waals surface area contributed by atoms with Gasteiger partial charge < -0.3 is 5.73 Å². The Labute approximate surface area is 108 Å². The molecule has 1 aromatic rings. The Kier molecular flexibility index (Phi) is 4.30. The molecule has 100 valence electrons. The van der Waals surface area contributed by atoms with Crippen LogP contribution in [0.2, 0.25) is 0 Å². The fraction of sp³-hybridized carbons (Fsp3) is 0.250. The van der Waals surface area contributed by atoms with Gasteiger partial charge in [0, 0.05) is 16.9 Å². The molecule has 0 bridgehead atoms. The number of pyridine rings is 1. The molecule has 2 N–H and O–H groups in total. The molecule has 1 rings (SSSR count). The van der Waals surface area contributed by atoms with E-state index in [1.807, 2.05) is 0 Å². The number of sulfone groups is 1. The third kappa shape index (κ3) is 3.93. The first-order chi connectivity index (χ1) is 8.13. The zero-order valence-corrected chi connectivity index (χ0v) is 11.3. The number of nitrogens with zero attached hydrogens (tertiary/aromatic N) is 1. The van der Waals surface area contributed by atoms with Gasteiger partial charge in [0.15, 0.2) is 14.9 Å². The maximum absolute atomic E-state index is 11.8. The van der Waals surface area contributed by atoms with Crippen LogP contribution in [0.4, 0.5) is 0 Å². The molecule has 1 aromatic heterocycles. The summed E-state index contributed by atoms with van der Waals surface area (Å²) in [5, 5.41) is -0.544. The predicted octanol–water partition coefficient (Wildman–Crippen LogP) is -0.477. The second-order valence-corrected chi connectivity index (χ2v) is 8.20. The number of primary amides is 1. The minimum absolute atomic E-state index is 0.288. The highest BCUT2D eigenvalue weighted by Crippen LogP contribution is 2.14. The average molecular weight is 313 g/mol. The number of aromatic nitrogens is 1. The number of carbonyl (C=O) groups excluding carboxylic acids is 1. The zero-order valence-electron chi connectivity index (χ0n) is 8.91. The molecule has 0 aliphatic rings. The van der Waals surface area contributed by atoms with Gasteiger partial charge in [-0.2, -0.15) is 0 Å².